The first kappa shape index (κ1) is 19.4. The van der Waals surface area contributed by atoms with E-state index in [2.05, 4.69) is 19.2 Å². The van der Waals surface area contributed by atoms with Gasteiger partial charge in [0.25, 0.3) is 11.8 Å². The molecule has 0 radical (unpaired) electrons. The Morgan fingerprint density at radius 3 is 2.45 bits per heavy atom. The fourth-order valence-electron chi connectivity index (χ4n) is 3.66. The highest BCUT2D eigenvalue weighted by Crippen LogP contribution is 2.38. The second-order valence-electron chi connectivity index (χ2n) is 7.61. The molecule has 0 unspecified atom stereocenters. The van der Waals surface area contributed by atoms with Crippen molar-refractivity contribution in [2.24, 2.45) is 0 Å². The van der Waals surface area contributed by atoms with Gasteiger partial charge in [0, 0.05) is 16.6 Å². The third kappa shape index (κ3) is 3.37. The van der Waals surface area contributed by atoms with Crippen molar-refractivity contribution in [1.29, 1.82) is 0 Å². The predicted molar refractivity (Wildman–Crippen MR) is 120 cm³/mol. The largest absolute Gasteiger partial charge is 0.454 e. The molecule has 3 heterocycles. The lowest BCUT2D eigenvalue weighted by Gasteiger charge is -2.16. The van der Waals surface area contributed by atoms with Crippen LogP contribution in [0.4, 0.5) is 11.4 Å². The minimum Gasteiger partial charge on any atom is -0.454 e. The van der Waals surface area contributed by atoms with Crippen LogP contribution in [0, 0.1) is 0 Å². The lowest BCUT2D eigenvalue weighted by atomic mass is 10.0. The molecule has 5 rings (SSSR count). The van der Waals surface area contributed by atoms with Crippen molar-refractivity contribution in [3.63, 3.8) is 0 Å². The summed E-state index contributed by atoms with van der Waals surface area (Å²) in [5.74, 6) is 0.887. The summed E-state index contributed by atoms with van der Waals surface area (Å²) in [5.41, 5.74) is 2.96. The molecule has 0 spiro atoms. The number of fused-ring (bicyclic) bond motifs is 1. The minimum absolute atomic E-state index is 0.166. The Kier molecular flexibility index (Phi) is 4.75. The van der Waals surface area contributed by atoms with E-state index in [-0.39, 0.29) is 24.3 Å². The molecule has 1 aromatic heterocycles. The van der Waals surface area contributed by atoms with Crippen molar-refractivity contribution in [3.05, 3.63) is 76.1 Å². The van der Waals surface area contributed by atoms with Crippen molar-refractivity contribution in [2.45, 2.75) is 19.8 Å². The van der Waals surface area contributed by atoms with Gasteiger partial charge >= 0.3 is 0 Å². The van der Waals surface area contributed by atoms with Gasteiger partial charge < -0.3 is 14.8 Å². The smallest absolute Gasteiger partial charge is 0.282 e. The van der Waals surface area contributed by atoms with Gasteiger partial charge in [-0.1, -0.05) is 32.0 Å². The van der Waals surface area contributed by atoms with E-state index in [9.17, 15) is 9.59 Å². The summed E-state index contributed by atoms with van der Waals surface area (Å²) in [6, 6.07) is 16.6. The topological polar surface area (TPSA) is 67.9 Å². The number of thiophene rings is 1. The lowest BCUT2D eigenvalue weighted by Crippen LogP contribution is -2.32. The van der Waals surface area contributed by atoms with Crippen molar-refractivity contribution >= 4 is 40.1 Å². The number of hydrogen-bond donors (Lipinski definition) is 1. The highest BCUT2D eigenvalue weighted by molar-refractivity contribution is 7.11. The first-order valence-corrected chi connectivity index (χ1v) is 10.8. The number of ether oxygens (including phenoxy) is 2. The SMILES string of the molecule is CC(C)c1ccc(N2C(=O)C(Nc3ccc4c(c3)OCO4)=C(c3cccs3)C2=O)cc1. The fraction of sp³-hybridized carbons (Fsp3) is 0.167. The van der Waals surface area contributed by atoms with Crippen LogP contribution in [0.2, 0.25) is 0 Å². The van der Waals surface area contributed by atoms with E-state index in [4.69, 9.17) is 9.47 Å². The van der Waals surface area contributed by atoms with Gasteiger partial charge in [0.05, 0.1) is 11.3 Å². The van der Waals surface area contributed by atoms with Gasteiger partial charge in [-0.25, -0.2) is 4.90 Å². The molecule has 0 saturated heterocycles. The van der Waals surface area contributed by atoms with Crippen molar-refractivity contribution in [1.82, 2.24) is 0 Å². The van der Waals surface area contributed by atoms with E-state index in [1.807, 2.05) is 41.8 Å². The third-order valence-electron chi connectivity index (χ3n) is 5.31. The summed E-state index contributed by atoms with van der Waals surface area (Å²) >= 11 is 1.42. The summed E-state index contributed by atoms with van der Waals surface area (Å²) in [6.45, 7) is 4.37. The second-order valence-corrected chi connectivity index (χ2v) is 8.56. The molecule has 2 aliphatic heterocycles. The van der Waals surface area contributed by atoms with Crippen LogP contribution in [0.25, 0.3) is 5.57 Å². The van der Waals surface area contributed by atoms with Crippen LogP contribution in [0.1, 0.15) is 30.2 Å². The number of rotatable bonds is 5. The zero-order valence-electron chi connectivity index (χ0n) is 17.0. The van der Waals surface area contributed by atoms with E-state index in [1.54, 1.807) is 18.2 Å². The number of nitrogens with one attached hydrogen (secondary N) is 1. The van der Waals surface area contributed by atoms with E-state index < -0.39 is 0 Å². The summed E-state index contributed by atoms with van der Waals surface area (Å²) in [6.07, 6.45) is 0. The molecule has 7 heteroatoms. The Bertz CT molecular complexity index is 1200. The van der Waals surface area contributed by atoms with Crippen molar-refractivity contribution in [3.8, 4) is 11.5 Å². The maximum absolute atomic E-state index is 13.4. The Labute approximate surface area is 183 Å². The molecule has 31 heavy (non-hydrogen) atoms. The number of nitrogens with zero attached hydrogens (tertiary/aromatic N) is 1. The first-order valence-electron chi connectivity index (χ1n) is 9.96. The maximum Gasteiger partial charge on any atom is 0.282 e. The number of carbonyl (C=O) groups is 2. The lowest BCUT2D eigenvalue weighted by molar-refractivity contribution is -0.120. The van der Waals surface area contributed by atoms with Gasteiger partial charge in [0.1, 0.15) is 5.70 Å². The molecule has 0 saturated carbocycles. The molecule has 3 aromatic rings. The van der Waals surface area contributed by atoms with E-state index in [0.717, 1.165) is 10.4 Å². The molecule has 6 nitrogen and oxygen atoms in total. The third-order valence-corrected chi connectivity index (χ3v) is 6.20. The van der Waals surface area contributed by atoms with Gasteiger partial charge in [-0.3, -0.25) is 9.59 Å². The quantitative estimate of drug-likeness (QED) is 0.575. The molecular weight excluding hydrogens is 412 g/mol. The van der Waals surface area contributed by atoms with E-state index in [0.29, 0.717) is 34.4 Å². The standard InChI is InChI=1S/C24H20N2O4S/c1-14(2)15-5-8-17(9-6-15)26-23(27)21(20-4-3-11-31-20)22(24(26)28)25-16-7-10-18-19(12-16)30-13-29-18/h3-12,14,25H,13H2,1-2H3. The highest BCUT2D eigenvalue weighted by atomic mass is 32.1. The summed E-state index contributed by atoms with van der Waals surface area (Å²) < 4.78 is 10.8. The monoisotopic (exact) mass is 432 g/mol. The Morgan fingerprint density at radius 1 is 0.968 bits per heavy atom. The summed E-state index contributed by atoms with van der Waals surface area (Å²) in [4.78, 5) is 28.8. The molecule has 0 atom stereocenters. The number of anilines is 2. The van der Waals surface area contributed by atoms with E-state index in [1.165, 1.54) is 16.2 Å². The molecule has 2 aromatic carbocycles. The van der Waals surface area contributed by atoms with Crippen LogP contribution in [0.3, 0.4) is 0 Å². The number of carbonyl (C=O) groups excluding carboxylic acids is 2. The molecule has 0 aliphatic carbocycles. The second kappa shape index (κ2) is 7.59. The molecule has 1 N–H and O–H groups in total. The zero-order valence-corrected chi connectivity index (χ0v) is 17.9. The fourth-order valence-corrected chi connectivity index (χ4v) is 4.42. The van der Waals surface area contributed by atoms with Crippen LogP contribution in [-0.2, 0) is 9.59 Å². The molecule has 156 valence electrons. The molecular formula is C24H20N2O4S. The van der Waals surface area contributed by atoms with Crippen LogP contribution in [0.15, 0.2) is 65.7 Å². The average Bonchev–Trinajstić information content (AvgIpc) is 3.49. The maximum atomic E-state index is 13.4. The molecule has 2 amide bonds. The van der Waals surface area contributed by atoms with Crippen LogP contribution in [-0.4, -0.2) is 18.6 Å². The van der Waals surface area contributed by atoms with Crippen LogP contribution < -0.4 is 19.7 Å². The first-order chi connectivity index (χ1) is 15.0. The zero-order chi connectivity index (χ0) is 21.5. The molecule has 0 fully saturated rings. The Balaban J connectivity index is 1.53. The van der Waals surface area contributed by atoms with Crippen LogP contribution >= 0.6 is 11.3 Å². The van der Waals surface area contributed by atoms with Gasteiger partial charge in [0.2, 0.25) is 6.79 Å². The van der Waals surface area contributed by atoms with Crippen LogP contribution in [0.5, 0.6) is 11.5 Å². The number of hydrogen-bond acceptors (Lipinski definition) is 6. The average molecular weight is 433 g/mol. The Hall–Kier alpha value is -3.58. The van der Waals surface area contributed by atoms with Gasteiger partial charge in [-0.05, 0) is 47.2 Å². The summed E-state index contributed by atoms with van der Waals surface area (Å²) in [7, 11) is 0. The Morgan fingerprint density at radius 2 is 1.74 bits per heavy atom. The summed E-state index contributed by atoms with van der Waals surface area (Å²) in [5, 5.41) is 5.04. The molecule has 2 aliphatic rings. The normalized spacial score (nSPS) is 15.4. The number of amides is 2. The van der Waals surface area contributed by atoms with Crippen molar-refractivity contribution in [2.75, 3.05) is 17.0 Å². The molecule has 0 bridgehead atoms. The minimum atomic E-state index is -0.386. The predicted octanol–water partition coefficient (Wildman–Crippen LogP) is 5.00. The highest BCUT2D eigenvalue weighted by Gasteiger charge is 2.40. The van der Waals surface area contributed by atoms with Gasteiger partial charge in [0.15, 0.2) is 11.5 Å². The van der Waals surface area contributed by atoms with Gasteiger partial charge in [-0.2, -0.15) is 0 Å². The van der Waals surface area contributed by atoms with Gasteiger partial charge in [-0.15, -0.1) is 11.3 Å². The van der Waals surface area contributed by atoms with Crippen molar-refractivity contribution < 1.29 is 19.1 Å². The van der Waals surface area contributed by atoms with E-state index >= 15 is 0 Å². The number of imide groups is 1. The number of benzene rings is 2.